The van der Waals surface area contributed by atoms with E-state index in [2.05, 4.69) is 11.9 Å². The summed E-state index contributed by atoms with van der Waals surface area (Å²) in [6, 6.07) is 7.76. The largest absolute Gasteiger partial charge is 0.399 e. The number of amides is 1. The fourth-order valence-corrected chi connectivity index (χ4v) is 2.79. The van der Waals surface area contributed by atoms with Crippen LogP contribution in [0.4, 0.5) is 5.69 Å². The number of nitrogens with two attached hydrogens (primary N) is 1. The predicted molar refractivity (Wildman–Crippen MR) is 82.4 cm³/mol. The van der Waals surface area contributed by atoms with Crippen LogP contribution >= 0.6 is 0 Å². The number of benzene rings is 1. The smallest absolute Gasteiger partial charge is 0.222 e. The number of aryl methyl sites for hydroxylation is 1. The summed E-state index contributed by atoms with van der Waals surface area (Å²) in [5, 5.41) is 0. The van der Waals surface area contributed by atoms with Crippen molar-refractivity contribution < 1.29 is 4.79 Å². The number of nitrogens with zero attached hydrogens (tertiary/aromatic N) is 2. The second-order valence-electron chi connectivity index (χ2n) is 5.93. The van der Waals surface area contributed by atoms with Crippen molar-refractivity contribution in [2.75, 3.05) is 39.5 Å². The van der Waals surface area contributed by atoms with Crippen LogP contribution in [-0.2, 0) is 11.2 Å². The normalized spacial score (nSPS) is 19.2. The lowest BCUT2D eigenvalue weighted by molar-refractivity contribution is -0.130. The topological polar surface area (TPSA) is 49.6 Å². The number of rotatable bonds is 5. The monoisotopic (exact) mass is 275 g/mol. The number of hydrogen-bond acceptors (Lipinski definition) is 3. The summed E-state index contributed by atoms with van der Waals surface area (Å²) in [5.41, 5.74) is 7.59. The van der Waals surface area contributed by atoms with E-state index in [4.69, 9.17) is 5.73 Å². The van der Waals surface area contributed by atoms with Crippen LogP contribution in [0.1, 0.15) is 18.4 Å². The lowest BCUT2D eigenvalue weighted by Crippen LogP contribution is -2.32. The molecule has 2 N–H and O–H groups in total. The first-order chi connectivity index (χ1) is 9.54. The van der Waals surface area contributed by atoms with Gasteiger partial charge in [-0.1, -0.05) is 12.1 Å². The van der Waals surface area contributed by atoms with E-state index in [0.717, 1.165) is 31.7 Å². The summed E-state index contributed by atoms with van der Waals surface area (Å²) in [6.45, 7) is 3.14. The van der Waals surface area contributed by atoms with E-state index in [9.17, 15) is 4.79 Å². The predicted octanol–water partition coefficient (Wildman–Crippen LogP) is 1.61. The molecule has 0 radical (unpaired) electrons. The van der Waals surface area contributed by atoms with E-state index in [0.29, 0.717) is 12.3 Å². The summed E-state index contributed by atoms with van der Waals surface area (Å²) in [4.78, 5) is 16.4. The van der Waals surface area contributed by atoms with Gasteiger partial charge in [0.05, 0.1) is 0 Å². The molecule has 1 fully saturated rings. The van der Waals surface area contributed by atoms with Gasteiger partial charge >= 0.3 is 0 Å². The van der Waals surface area contributed by atoms with Crippen LogP contribution in [0.25, 0.3) is 0 Å². The maximum absolute atomic E-state index is 12.1. The van der Waals surface area contributed by atoms with Crippen LogP contribution < -0.4 is 5.73 Å². The van der Waals surface area contributed by atoms with Crippen molar-refractivity contribution in [1.82, 2.24) is 9.80 Å². The number of likely N-dealkylation sites (tertiary alicyclic amines) is 1. The Hall–Kier alpha value is -1.55. The minimum absolute atomic E-state index is 0.233. The number of nitrogen functional groups attached to an aromatic ring is 1. The van der Waals surface area contributed by atoms with E-state index >= 15 is 0 Å². The Morgan fingerprint density at radius 2 is 2.10 bits per heavy atom. The highest BCUT2D eigenvalue weighted by atomic mass is 16.2. The van der Waals surface area contributed by atoms with Crippen LogP contribution in [0.3, 0.4) is 0 Å². The third kappa shape index (κ3) is 4.23. The van der Waals surface area contributed by atoms with Gasteiger partial charge in [0.2, 0.25) is 5.91 Å². The van der Waals surface area contributed by atoms with Crippen molar-refractivity contribution >= 4 is 11.6 Å². The molecule has 1 aliphatic heterocycles. The van der Waals surface area contributed by atoms with Gasteiger partial charge in [-0.3, -0.25) is 4.79 Å². The minimum Gasteiger partial charge on any atom is -0.399 e. The van der Waals surface area contributed by atoms with Crippen LogP contribution in [0, 0.1) is 5.92 Å². The van der Waals surface area contributed by atoms with Crippen molar-refractivity contribution in [2.24, 2.45) is 5.92 Å². The first kappa shape index (κ1) is 14.9. The third-order valence-corrected chi connectivity index (χ3v) is 4.05. The van der Waals surface area contributed by atoms with E-state index in [1.54, 1.807) is 0 Å². The molecule has 20 heavy (non-hydrogen) atoms. The molecule has 0 spiro atoms. The number of carbonyl (C=O) groups excluding carboxylic acids is 1. The van der Waals surface area contributed by atoms with Gasteiger partial charge in [-0.05, 0) is 50.0 Å². The van der Waals surface area contributed by atoms with Gasteiger partial charge in [0, 0.05) is 32.2 Å². The van der Waals surface area contributed by atoms with E-state index in [1.807, 2.05) is 36.2 Å². The summed E-state index contributed by atoms with van der Waals surface area (Å²) < 4.78 is 0. The Balaban J connectivity index is 1.75. The zero-order valence-electron chi connectivity index (χ0n) is 12.5. The first-order valence-electron chi connectivity index (χ1n) is 7.31. The number of hydrogen-bond donors (Lipinski definition) is 1. The van der Waals surface area contributed by atoms with E-state index in [-0.39, 0.29) is 5.91 Å². The maximum Gasteiger partial charge on any atom is 0.222 e. The third-order valence-electron chi connectivity index (χ3n) is 4.05. The Bertz CT molecular complexity index is 444. The Morgan fingerprint density at radius 3 is 2.70 bits per heavy atom. The van der Waals surface area contributed by atoms with Crippen molar-refractivity contribution in [3.63, 3.8) is 0 Å². The Labute approximate surface area is 121 Å². The fraction of sp³-hybridized carbons (Fsp3) is 0.562. The highest BCUT2D eigenvalue weighted by Gasteiger charge is 2.22. The number of anilines is 1. The van der Waals surface area contributed by atoms with E-state index < -0.39 is 0 Å². The average molecular weight is 275 g/mol. The molecule has 1 aromatic rings. The van der Waals surface area contributed by atoms with E-state index in [1.165, 1.54) is 12.0 Å². The molecule has 1 aromatic carbocycles. The summed E-state index contributed by atoms with van der Waals surface area (Å²) in [5.74, 6) is 0.863. The van der Waals surface area contributed by atoms with Crippen LogP contribution in [0.15, 0.2) is 24.3 Å². The second-order valence-corrected chi connectivity index (χ2v) is 5.93. The molecule has 1 unspecified atom stereocenters. The molecule has 4 heteroatoms. The summed E-state index contributed by atoms with van der Waals surface area (Å²) in [6.07, 6.45) is 2.56. The van der Waals surface area contributed by atoms with Crippen LogP contribution in [-0.4, -0.2) is 49.4 Å². The maximum atomic E-state index is 12.1. The molecule has 0 aliphatic carbocycles. The standard InChI is InChI=1S/C16H25N3O/c1-18-10-9-14(11-18)12-19(2)16(20)8-5-13-3-6-15(17)7-4-13/h3-4,6-7,14H,5,8-12,17H2,1-2H3. The molecule has 1 saturated heterocycles. The van der Waals surface area contributed by atoms with Gasteiger partial charge in [-0.2, -0.15) is 0 Å². The number of carbonyl (C=O) groups is 1. The molecule has 2 rings (SSSR count). The van der Waals surface area contributed by atoms with Crippen molar-refractivity contribution in [1.29, 1.82) is 0 Å². The lowest BCUT2D eigenvalue weighted by atomic mass is 10.1. The fourth-order valence-electron chi connectivity index (χ4n) is 2.79. The Kier molecular flexibility index (Phi) is 5.01. The highest BCUT2D eigenvalue weighted by molar-refractivity contribution is 5.76. The molecule has 1 atom stereocenters. The van der Waals surface area contributed by atoms with Gasteiger partial charge in [0.15, 0.2) is 0 Å². The molecule has 0 saturated carbocycles. The molecule has 0 aromatic heterocycles. The first-order valence-corrected chi connectivity index (χ1v) is 7.31. The van der Waals surface area contributed by atoms with Crippen LogP contribution in [0.2, 0.25) is 0 Å². The molecule has 1 amide bonds. The average Bonchev–Trinajstić information content (AvgIpc) is 2.83. The molecular formula is C16H25N3O. The van der Waals surface area contributed by atoms with Crippen molar-refractivity contribution in [3.8, 4) is 0 Å². The minimum atomic E-state index is 0.233. The molecule has 4 nitrogen and oxygen atoms in total. The highest BCUT2D eigenvalue weighted by Crippen LogP contribution is 2.16. The van der Waals surface area contributed by atoms with Crippen molar-refractivity contribution in [2.45, 2.75) is 19.3 Å². The SMILES string of the molecule is CN1CCC(CN(C)C(=O)CCc2ccc(N)cc2)C1. The Morgan fingerprint density at radius 1 is 1.40 bits per heavy atom. The quantitative estimate of drug-likeness (QED) is 0.831. The molecule has 1 heterocycles. The van der Waals surface area contributed by atoms with Crippen molar-refractivity contribution in [3.05, 3.63) is 29.8 Å². The molecule has 1 aliphatic rings. The molecule has 110 valence electrons. The van der Waals surface area contributed by atoms with Gasteiger partial charge in [0.25, 0.3) is 0 Å². The van der Waals surface area contributed by atoms with Gasteiger partial charge in [-0.25, -0.2) is 0 Å². The van der Waals surface area contributed by atoms with Gasteiger partial charge in [-0.15, -0.1) is 0 Å². The zero-order chi connectivity index (χ0) is 14.5. The zero-order valence-corrected chi connectivity index (χ0v) is 12.5. The van der Waals surface area contributed by atoms with Crippen LogP contribution in [0.5, 0.6) is 0 Å². The lowest BCUT2D eigenvalue weighted by Gasteiger charge is -2.21. The van der Waals surface area contributed by atoms with Gasteiger partial charge in [0.1, 0.15) is 0 Å². The summed E-state index contributed by atoms with van der Waals surface area (Å²) in [7, 11) is 4.06. The molecule has 0 bridgehead atoms. The summed E-state index contributed by atoms with van der Waals surface area (Å²) >= 11 is 0. The molecular weight excluding hydrogens is 250 g/mol. The van der Waals surface area contributed by atoms with Gasteiger partial charge < -0.3 is 15.5 Å². The second kappa shape index (κ2) is 6.75.